The highest BCUT2D eigenvalue weighted by Gasteiger charge is 2.55. The van der Waals surface area contributed by atoms with E-state index >= 15 is 0 Å². The molecule has 0 radical (unpaired) electrons. The predicted molar refractivity (Wildman–Crippen MR) is 134 cm³/mol. The van der Waals surface area contributed by atoms with E-state index in [1.54, 1.807) is 0 Å². The molecule has 204 valence electrons. The van der Waals surface area contributed by atoms with E-state index < -0.39 is 18.3 Å². The lowest BCUT2D eigenvalue weighted by atomic mass is 9.91. The first-order valence-electron chi connectivity index (χ1n) is 14.3. The van der Waals surface area contributed by atoms with Gasteiger partial charge in [0.15, 0.2) is 12.3 Å². The van der Waals surface area contributed by atoms with E-state index in [2.05, 4.69) is 25.8 Å². The molecule has 5 heterocycles. The largest absolute Gasteiger partial charge is 0.378 e. The maximum atomic E-state index is 14.6. The Labute approximate surface area is 214 Å². The summed E-state index contributed by atoms with van der Waals surface area (Å²) in [6.07, 6.45) is 3.55. The molecule has 0 aromatic heterocycles. The number of nitrogens with one attached hydrogen (secondary N) is 3. The number of rotatable bonds is 6. The third-order valence-electron chi connectivity index (χ3n) is 9.95. The van der Waals surface area contributed by atoms with Gasteiger partial charge in [-0.3, -0.25) is 19.9 Å². The van der Waals surface area contributed by atoms with Crippen LogP contribution in [0.3, 0.4) is 0 Å². The summed E-state index contributed by atoms with van der Waals surface area (Å²) in [5.74, 6) is -0.679. The molecule has 1 saturated carbocycles. The van der Waals surface area contributed by atoms with Gasteiger partial charge in [-0.2, -0.15) is 0 Å². The Balaban J connectivity index is 1.15. The first kappa shape index (κ1) is 25.4. The quantitative estimate of drug-likeness (QED) is 0.208. The monoisotopic (exact) mass is 509 g/mol. The molecule has 7 atom stereocenters. The Morgan fingerprint density at radius 2 is 1.81 bits per heavy atom. The highest BCUT2D eigenvalue weighted by molar-refractivity contribution is 5.80. The van der Waals surface area contributed by atoms with E-state index in [1.165, 1.54) is 6.42 Å². The van der Waals surface area contributed by atoms with Crippen LogP contribution in [0.25, 0.3) is 0 Å². The molecule has 1 amide bonds. The standard InChI is InChI=1S/C25H45FN8O2/c26-16-11-30-24(34(13-16)8-2-1-3-9-34)22(23(27)28)25(35)31-18-12-29-5-4-19(18)33-7-6-32(17-14-36-15-17)20-10-21(20)33/h16-24,29-30H,1-15,27-28H2/p+1. The number of hydrogen-bond donors (Lipinski definition) is 5. The molecular formula is C25H46FN8O2+. The first-order valence-corrected chi connectivity index (χ1v) is 14.3. The van der Waals surface area contributed by atoms with Gasteiger partial charge in [0.25, 0.3) is 0 Å². The number of piperidine rings is 2. The molecule has 1 aliphatic carbocycles. The van der Waals surface area contributed by atoms with Crippen LogP contribution in [0.1, 0.15) is 32.1 Å². The van der Waals surface area contributed by atoms with Crippen molar-refractivity contribution in [2.45, 2.75) is 80.8 Å². The zero-order valence-electron chi connectivity index (χ0n) is 21.5. The van der Waals surface area contributed by atoms with Gasteiger partial charge < -0.3 is 31.3 Å². The van der Waals surface area contributed by atoms with Gasteiger partial charge in [0, 0.05) is 44.3 Å². The van der Waals surface area contributed by atoms with Gasteiger partial charge in [-0.05, 0) is 38.6 Å². The van der Waals surface area contributed by atoms with Crippen molar-refractivity contribution in [3.05, 3.63) is 0 Å². The number of quaternary nitrogens is 1. The minimum Gasteiger partial charge on any atom is -0.378 e. The highest BCUT2D eigenvalue weighted by atomic mass is 19.1. The van der Waals surface area contributed by atoms with Crippen LogP contribution in [0, 0.1) is 5.92 Å². The number of amides is 1. The van der Waals surface area contributed by atoms with Gasteiger partial charge >= 0.3 is 0 Å². The smallest absolute Gasteiger partial charge is 0.233 e. The molecule has 11 heteroatoms. The van der Waals surface area contributed by atoms with Crippen molar-refractivity contribution in [3.63, 3.8) is 0 Å². The normalized spacial score (nSPS) is 40.4. The van der Waals surface area contributed by atoms with Gasteiger partial charge in [-0.15, -0.1) is 0 Å². The number of carbonyl (C=O) groups excluding carboxylic acids is 1. The van der Waals surface area contributed by atoms with E-state index in [0.717, 1.165) is 78.2 Å². The maximum absolute atomic E-state index is 14.6. The molecule has 6 aliphatic rings. The van der Waals surface area contributed by atoms with Crippen LogP contribution in [-0.4, -0.2) is 134 Å². The fourth-order valence-corrected chi connectivity index (χ4v) is 8.01. The number of piperazine rings is 1. The molecule has 1 spiro atoms. The summed E-state index contributed by atoms with van der Waals surface area (Å²) in [7, 11) is 0. The molecule has 36 heavy (non-hydrogen) atoms. The van der Waals surface area contributed by atoms with Crippen molar-refractivity contribution in [1.82, 2.24) is 25.8 Å². The van der Waals surface area contributed by atoms with Gasteiger partial charge in [0.2, 0.25) is 5.91 Å². The molecule has 10 nitrogen and oxygen atoms in total. The number of nitrogens with zero attached hydrogens (tertiary/aromatic N) is 3. The zero-order chi connectivity index (χ0) is 24.9. The highest BCUT2D eigenvalue weighted by Crippen LogP contribution is 2.41. The van der Waals surface area contributed by atoms with Crippen molar-refractivity contribution in [3.8, 4) is 0 Å². The number of fused-ring (bicyclic) bond motifs is 1. The van der Waals surface area contributed by atoms with Crippen LogP contribution in [0.5, 0.6) is 0 Å². The predicted octanol–water partition coefficient (Wildman–Crippen LogP) is -1.88. The number of hydrogen-bond acceptors (Lipinski definition) is 8. The summed E-state index contributed by atoms with van der Waals surface area (Å²) in [6.45, 7) is 8.03. The van der Waals surface area contributed by atoms with Crippen molar-refractivity contribution in [2.75, 3.05) is 65.6 Å². The summed E-state index contributed by atoms with van der Waals surface area (Å²) >= 11 is 0. The van der Waals surface area contributed by atoms with Crippen molar-refractivity contribution < 1.29 is 18.4 Å². The lowest BCUT2D eigenvalue weighted by Gasteiger charge is -2.53. The molecule has 6 rings (SSSR count). The Morgan fingerprint density at radius 3 is 2.53 bits per heavy atom. The van der Waals surface area contributed by atoms with Crippen LogP contribution < -0.4 is 27.4 Å². The Bertz CT molecular complexity index is 794. The fourth-order valence-electron chi connectivity index (χ4n) is 8.01. The fraction of sp³-hybridized carbons (Fsp3) is 0.960. The number of carbonyl (C=O) groups is 1. The lowest BCUT2D eigenvalue weighted by Crippen LogP contribution is -2.76. The molecule has 5 aliphatic heterocycles. The van der Waals surface area contributed by atoms with Crippen molar-refractivity contribution in [2.24, 2.45) is 17.4 Å². The van der Waals surface area contributed by atoms with E-state index in [9.17, 15) is 9.18 Å². The average Bonchev–Trinajstić information content (AvgIpc) is 3.62. The zero-order valence-corrected chi connectivity index (χ0v) is 21.5. The first-order chi connectivity index (χ1) is 17.5. The number of nitrogens with two attached hydrogens (primary N) is 2. The second kappa shape index (κ2) is 10.3. The summed E-state index contributed by atoms with van der Waals surface area (Å²) in [6, 6.07) is 2.13. The molecule has 5 saturated heterocycles. The van der Waals surface area contributed by atoms with Gasteiger partial charge in [-0.25, -0.2) is 4.39 Å². The minimum atomic E-state index is -0.902. The molecule has 7 unspecified atom stereocenters. The third-order valence-corrected chi connectivity index (χ3v) is 9.95. The van der Waals surface area contributed by atoms with Crippen molar-refractivity contribution in [1.29, 1.82) is 0 Å². The summed E-state index contributed by atoms with van der Waals surface area (Å²) < 4.78 is 20.6. The van der Waals surface area contributed by atoms with Crippen LogP contribution in [0.2, 0.25) is 0 Å². The van der Waals surface area contributed by atoms with Gasteiger partial charge in [0.05, 0.1) is 44.6 Å². The molecule has 7 N–H and O–H groups in total. The van der Waals surface area contributed by atoms with Crippen LogP contribution in [0.4, 0.5) is 4.39 Å². The minimum absolute atomic E-state index is 0.0136. The molecular weight excluding hydrogens is 463 g/mol. The van der Waals surface area contributed by atoms with Crippen LogP contribution in [-0.2, 0) is 9.53 Å². The third kappa shape index (κ3) is 4.70. The number of ether oxygens (including phenoxy) is 1. The Kier molecular flexibility index (Phi) is 7.28. The second-order valence-corrected chi connectivity index (χ2v) is 12.2. The molecule has 0 aromatic rings. The van der Waals surface area contributed by atoms with E-state index in [4.69, 9.17) is 16.2 Å². The Hall–Kier alpha value is -0.920. The van der Waals surface area contributed by atoms with Gasteiger partial charge in [0.1, 0.15) is 12.5 Å². The number of halogens is 1. The van der Waals surface area contributed by atoms with E-state index in [0.29, 0.717) is 35.2 Å². The number of alkyl halides is 1. The van der Waals surface area contributed by atoms with E-state index in [1.807, 2.05) is 0 Å². The average molecular weight is 510 g/mol. The Morgan fingerprint density at radius 1 is 1.06 bits per heavy atom. The topological polar surface area (TPSA) is 121 Å². The van der Waals surface area contributed by atoms with Crippen LogP contribution >= 0.6 is 0 Å². The van der Waals surface area contributed by atoms with Crippen LogP contribution in [0.15, 0.2) is 0 Å². The van der Waals surface area contributed by atoms with Gasteiger partial charge in [-0.1, -0.05) is 0 Å². The summed E-state index contributed by atoms with van der Waals surface area (Å²) in [5.41, 5.74) is 12.6. The summed E-state index contributed by atoms with van der Waals surface area (Å²) in [4.78, 5) is 19.2. The summed E-state index contributed by atoms with van der Waals surface area (Å²) in [5, 5.41) is 10.3. The lowest BCUT2D eigenvalue weighted by molar-refractivity contribution is -0.967. The second-order valence-electron chi connectivity index (χ2n) is 12.2. The molecule has 0 bridgehead atoms. The van der Waals surface area contributed by atoms with E-state index in [-0.39, 0.29) is 24.7 Å². The molecule has 6 fully saturated rings. The van der Waals surface area contributed by atoms with Crippen molar-refractivity contribution >= 4 is 5.91 Å². The molecule has 0 aromatic carbocycles. The SMILES string of the molecule is NC(N)C(C(=O)NC1CNCCC1N1CCN(C2COC2)C2CC21)C1NCC(F)C[N+]12CCCCC2. The maximum Gasteiger partial charge on any atom is 0.233 e.